The van der Waals surface area contributed by atoms with Crippen molar-refractivity contribution in [2.75, 3.05) is 12.8 Å². The van der Waals surface area contributed by atoms with Gasteiger partial charge in [0, 0.05) is 30.0 Å². The normalized spacial score (nSPS) is 16.9. The monoisotopic (exact) mass is 484 g/mol. The minimum Gasteiger partial charge on any atom is -0.361 e. The van der Waals surface area contributed by atoms with Gasteiger partial charge >= 0.3 is 0 Å². The van der Waals surface area contributed by atoms with Crippen LogP contribution >= 0.6 is 11.8 Å². The molecule has 2 unspecified atom stereocenters. The number of benzene rings is 1. The van der Waals surface area contributed by atoms with Crippen molar-refractivity contribution in [3.8, 4) is 0 Å². The van der Waals surface area contributed by atoms with E-state index in [-0.39, 0.29) is 11.9 Å². The topological polar surface area (TPSA) is 87.8 Å². The summed E-state index contributed by atoms with van der Waals surface area (Å²) >= 11 is 1.64. The van der Waals surface area contributed by atoms with E-state index in [1.807, 2.05) is 43.5 Å². The maximum absolute atomic E-state index is 12.2. The van der Waals surface area contributed by atoms with Crippen molar-refractivity contribution >= 4 is 35.7 Å². The van der Waals surface area contributed by atoms with E-state index in [9.17, 15) is 9.59 Å². The second kappa shape index (κ2) is 13.7. The number of nitrogens with one attached hydrogen (secondary N) is 1. The van der Waals surface area contributed by atoms with Gasteiger partial charge in [0.2, 0.25) is 12.3 Å². The molecule has 2 amide bonds. The number of aromatic nitrogens is 1. The molecule has 1 fully saturated rings. The van der Waals surface area contributed by atoms with Crippen LogP contribution in [-0.2, 0) is 16.1 Å². The Hall–Kier alpha value is -2.87. The Labute approximate surface area is 207 Å². The van der Waals surface area contributed by atoms with E-state index in [0.717, 1.165) is 46.7 Å². The van der Waals surface area contributed by atoms with E-state index in [2.05, 4.69) is 43.0 Å². The fraction of sp³-hybridized carbons (Fsp3) is 0.462. The number of hydrogen-bond acceptors (Lipinski definition) is 6. The van der Waals surface area contributed by atoms with Crippen LogP contribution in [0, 0.1) is 5.92 Å². The summed E-state index contributed by atoms with van der Waals surface area (Å²) < 4.78 is 5.01. The van der Waals surface area contributed by atoms with Crippen LogP contribution < -0.4 is 5.32 Å². The lowest BCUT2D eigenvalue weighted by Crippen LogP contribution is -2.42. The van der Waals surface area contributed by atoms with Crippen LogP contribution in [0.25, 0.3) is 4.91 Å². The van der Waals surface area contributed by atoms with Crippen molar-refractivity contribution in [1.29, 1.82) is 0 Å². The molecule has 184 valence electrons. The average molecular weight is 485 g/mol. The van der Waals surface area contributed by atoms with Crippen LogP contribution in [0.1, 0.15) is 63.3 Å². The molecule has 0 aliphatic carbocycles. The van der Waals surface area contributed by atoms with E-state index < -0.39 is 0 Å². The molecule has 0 spiro atoms. The minimum absolute atomic E-state index is 0.0833. The Morgan fingerprint density at radius 3 is 2.56 bits per heavy atom. The molecule has 1 aliphatic heterocycles. The van der Waals surface area contributed by atoms with Crippen molar-refractivity contribution < 1.29 is 14.1 Å². The van der Waals surface area contributed by atoms with E-state index >= 15 is 0 Å². The third kappa shape index (κ3) is 7.58. The van der Waals surface area contributed by atoms with Crippen molar-refractivity contribution in [2.24, 2.45) is 10.9 Å². The summed E-state index contributed by atoms with van der Waals surface area (Å²) in [5.74, 6) is 1.99. The molecular formula is C26H36N4O3S. The van der Waals surface area contributed by atoms with E-state index in [4.69, 9.17) is 4.52 Å². The van der Waals surface area contributed by atoms with Crippen molar-refractivity contribution in [1.82, 2.24) is 15.4 Å². The van der Waals surface area contributed by atoms with Gasteiger partial charge in [0.1, 0.15) is 11.8 Å². The summed E-state index contributed by atoms with van der Waals surface area (Å²) in [5.41, 5.74) is 3.01. The van der Waals surface area contributed by atoms with Crippen molar-refractivity contribution in [3.63, 3.8) is 0 Å². The molecule has 2 aromatic rings. The highest BCUT2D eigenvalue weighted by Crippen LogP contribution is 2.29. The van der Waals surface area contributed by atoms with Gasteiger partial charge in [0.05, 0.1) is 11.9 Å². The zero-order chi connectivity index (χ0) is 25.1. The number of carbonyl (C=O) groups excluding carboxylic acids is 2. The minimum atomic E-state index is -0.325. The SMILES string of the molecule is C=N/C(C)=C(\SC)c1ccc(CNC(=O)C2CCCN2C=O)cc1.CC(C)C(C)c1ccno1. The number of thioether (sulfide) groups is 1. The summed E-state index contributed by atoms with van der Waals surface area (Å²) in [6.45, 7) is 13.1. The van der Waals surface area contributed by atoms with Crippen molar-refractivity contribution in [3.05, 3.63) is 59.1 Å². The zero-order valence-electron chi connectivity index (χ0n) is 20.8. The van der Waals surface area contributed by atoms with Gasteiger partial charge in [0.15, 0.2) is 0 Å². The highest BCUT2D eigenvalue weighted by atomic mass is 32.2. The summed E-state index contributed by atoms with van der Waals surface area (Å²) in [6, 6.07) is 9.63. The lowest BCUT2D eigenvalue weighted by Gasteiger charge is -2.19. The summed E-state index contributed by atoms with van der Waals surface area (Å²) in [7, 11) is 0. The molecule has 1 aromatic carbocycles. The number of nitrogens with zero attached hydrogens (tertiary/aromatic N) is 3. The molecule has 3 rings (SSSR count). The molecule has 1 N–H and O–H groups in total. The molecule has 1 saturated heterocycles. The lowest BCUT2D eigenvalue weighted by atomic mass is 9.96. The predicted molar refractivity (Wildman–Crippen MR) is 139 cm³/mol. The molecule has 34 heavy (non-hydrogen) atoms. The number of carbonyl (C=O) groups is 2. The number of likely N-dealkylation sites (tertiary alicyclic amines) is 1. The second-order valence-corrected chi connectivity index (χ2v) is 9.46. The molecule has 0 radical (unpaired) electrons. The van der Waals surface area contributed by atoms with Gasteiger partial charge in [-0.15, -0.1) is 11.8 Å². The van der Waals surface area contributed by atoms with Gasteiger partial charge in [-0.3, -0.25) is 14.6 Å². The molecular weight excluding hydrogens is 448 g/mol. The van der Waals surface area contributed by atoms with Gasteiger partial charge in [-0.2, -0.15) is 0 Å². The highest BCUT2D eigenvalue weighted by Gasteiger charge is 2.29. The largest absolute Gasteiger partial charge is 0.361 e. The number of hydrogen-bond donors (Lipinski definition) is 1. The summed E-state index contributed by atoms with van der Waals surface area (Å²) in [4.78, 5) is 29.8. The van der Waals surface area contributed by atoms with Gasteiger partial charge in [-0.1, -0.05) is 50.2 Å². The first-order valence-corrected chi connectivity index (χ1v) is 12.7. The molecule has 0 bridgehead atoms. The van der Waals surface area contributed by atoms with Gasteiger partial charge in [0.25, 0.3) is 0 Å². The maximum Gasteiger partial charge on any atom is 0.243 e. The van der Waals surface area contributed by atoms with Crippen LogP contribution in [0.3, 0.4) is 0 Å². The fourth-order valence-electron chi connectivity index (χ4n) is 3.61. The lowest BCUT2D eigenvalue weighted by molar-refractivity contribution is -0.131. The highest BCUT2D eigenvalue weighted by molar-refractivity contribution is 8.07. The smallest absolute Gasteiger partial charge is 0.243 e. The first kappa shape index (κ1) is 27.4. The third-order valence-corrected chi connectivity index (χ3v) is 7.03. The Kier molecular flexibility index (Phi) is 11.1. The Bertz CT molecular complexity index is 955. The third-order valence-electron chi connectivity index (χ3n) is 6.09. The maximum atomic E-state index is 12.2. The Balaban J connectivity index is 0.000000340. The molecule has 7 nitrogen and oxygen atoms in total. The number of rotatable bonds is 9. The number of aliphatic imine (C=N–C) groups is 1. The molecule has 2 heterocycles. The molecule has 2 atom stereocenters. The van der Waals surface area contributed by atoms with Crippen LogP contribution in [0.2, 0.25) is 0 Å². The summed E-state index contributed by atoms with van der Waals surface area (Å²) in [5, 5.41) is 6.57. The van der Waals surface area contributed by atoms with E-state index in [0.29, 0.717) is 24.9 Å². The average Bonchev–Trinajstić information content (AvgIpc) is 3.55. The molecule has 8 heteroatoms. The van der Waals surface area contributed by atoms with Crippen LogP contribution in [0.15, 0.2) is 51.7 Å². The number of allylic oxidation sites excluding steroid dienone is 1. The quantitative estimate of drug-likeness (QED) is 0.395. The van der Waals surface area contributed by atoms with Crippen LogP contribution in [-0.4, -0.2) is 47.9 Å². The Morgan fingerprint density at radius 1 is 1.32 bits per heavy atom. The van der Waals surface area contributed by atoms with Gasteiger partial charge < -0.3 is 14.7 Å². The zero-order valence-corrected chi connectivity index (χ0v) is 21.6. The van der Waals surface area contributed by atoms with Gasteiger partial charge in [-0.25, -0.2) is 0 Å². The van der Waals surface area contributed by atoms with E-state index in [1.54, 1.807) is 22.9 Å². The van der Waals surface area contributed by atoms with E-state index in [1.165, 1.54) is 0 Å². The van der Waals surface area contributed by atoms with Crippen LogP contribution in [0.5, 0.6) is 0 Å². The standard InChI is InChI=1S/C18H23N3O2S.C8H13NO/c1-13(19-2)17(24-3)15-8-6-14(7-9-15)11-20-18(23)16-5-4-10-21(16)12-22;1-6(2)7(3)8-4-5-9-10-8/h6-9,12,16H,2,4-5,10-11H2,1,3H3,(H,20,23);4-7H,1-3H3/b17-13-;. The summed E-state index contributed by atoms with van der Waals surface area (Å²) in [6.07, 6.45) is 6.08. The first-order chi connectivity index (χ1) is 16.3. The second-order valence-electron chi connectivity index (χ2n) is 8.64. The Morgan fingerprint density at radius 2 is 2.03 bits per heavy atom. The molecule has 1 aromatic heterocycles. The molecule has 1 aliphatic rings. The fourth-order valence-corrected chi connectivity index (χ4v) is 4.34. The predicted octanol–water partition coefficient (Wildman–Crippen LogP) is 5.11. The first-order valence-electron chi connectivity index (χ1n) is 11.5. The molecule has 0 saturated carbocycles. The van der Waals surface area contributed by atoms with Gasteiger partial charge in [-0.05, 0) is 49.8 Å². The van der Waals surface area contributed by atoms with Crippen LogP contribution in [0.4, 0.5) is 0 Å². The number of amides is 2. The van der Waals surface area contributed by atoms with Crippen molar-refractivity contribution in [2.45, 2.75) is 59.0 Å².